The van der Waals surface area contributed by atoms with E-state index in [1.165, 1.54) is 0 Å². The van der Waals surface area contributed by atoms with E-state index in [4.69, 9.17) is 14.5 Å². The third-order valence-electron chi connectivity index (χ3n) is 5.34. The van der Waals surface area contributed by atoms with Crippen LogP contribution >= 0.6 is 0 Å². The zero-order valence-electron chi connectivity index (χ0n) is 15.7. The highest BCUT2D eigenvalue weighted by Gasteiger charge is 2.27. The van der Waals surface area contributed by atoms with Crippen molar-refractivity contribution in [1.29, 1.82) is 0 Å². The average molecular weight is 383 g/mol. The summed E-state index contributed by atoms with van der Waals surface area (Å²) in [6.45, 7) is 0.427. The molecule has 29 heavy (non-hydrogen) atoms. The molecule has 5 aromatic rings. The van der Waals surface area contributed by atoms with E-state index in [0.29, 0.717) is 6.61 Å². The molecule has 0 saturated carbocycles. The lowest BCUT2D eigenvalue weighted by molar-refractivity contribution is 0.0835. The zero-order chi connectivity index (χ0) is 19.4. The molecule has 0 bridgehead atoms. The van der Waals surface area contributed by atoms with Crippen molar-refractivity contribution in [2.75, 3.05) is 6.61 Å². The maximum atomic E-state index is 6.16. The number of hydrogen-bond acceptors (Lipinski definition) is 5. The lowest BCUT2D eigenvalue weighted by Crippen LogP contribution is -2.24. The Bertz CT molecular complexity index is 1370. The number of hydrogen-bond donors (Lipinski definition) is 1. The molecule has 142 valence electrons. The first kappa shape index (κ1) is 16.1. The molecule has 7 heteroatoms. The Morgan fingerprint density at radius 3 is 2.90 bits per heavy atom. The van der Waals surface area contributed by atoms with Crippen molar-refractivity contribution in [2.24, 2.45) is 7.05 Å². The van der Waals surface area contributed by atoms with Gasteiger partial charge in [0.05, 0.1) is 16.7 Å². The van der Waals surface area contributed by atoms with Crippen molar-refractivity contribution in [2.45, 2.75) is 6.10 Å². The van der Waals surface area contributed by atoms with Crippen LogP contribution in [0.2, 0.25) is 0 Å². The van der Waals surface area contributed by atoms with E-state index in [1.807, 2.05) is 55.7 Å². The van der Waals surface area contributed by atoms with Gasteiger partial charge in [-0.3, -0.25) is 0 Å². The van der Waals surface area contributed by atoms with Crippen molar-refractivity contribution in [3.05, 3.63) is 66.9 Å². The third kappa shape index (κ3) is 2.47. The minimum Gasteiger partial charge on any atom is -0.485 e. The van der Waals surface area contributed by atoms with Crippen LogP contribution in [-0.4, -0.2) is 31.1 Å². The van der Waals surface area contributed by atoms with Gasteiger partial charge >= 0.3 is 0 Å². The topological polar surface area (TPSA) is 77.8 Å². The molecule has 0 spiro atoms. The van der Waals surface area contributed by atoms with Crippen LogP contribution in [0.1, 0.15) is 11.9 Å². The summed E-state index contributed by atoms with van der Waals surface area (Å²) < 4.78 is 14.1. The number of aryl methyl sites for hydroxylation is 1. The summed E-state index contributed by atoms with van der Waals surface area (Å²) >= 11 is 0. The molecular weight excluding hydrogens is 366 g/mol. The van der Waals surface area contributed by atoms with Crippen LogP contribution in [-0.2, 0) is 7.05 Å². The fourth-order valence-electron chi connectivity index (χ4n) is 3.89. The van der Waals surface area contributed by atoms with Crippen LogP contribution < -0.4 is 9.47 Å². The lowest BCUT2D eigenvalue weighted by atomic mass is 10.1. The van der Waals surface area contributed by atoms with E-state index in [0.717, 1.165) is 50.6 Å². The Morgan fingerprint density at radius 1 is 1.07 bits per heavy atom. The molecule has 2 aromatic carbocycles. The molecule has 0 aliphatic carbocycles. The predicted molar refractivity (Wildman–Crippen MR) is 109 cm³/mol. The molecule has 1 N–H and O–H groups in total. The summed E-state index contributed by atoms with van der Waals surface area (Å²) in [7, 11) is 2.00. The quantitative estimate of drug-likeness (QED) is 0.498. The molecule has 0 radical (unpaired) electrons. The number of imidazole rings is 1. The zero-order valence-corrected chi connectivity index (χ0v) is 15.7. The highest BCUT2D eigenvalue weighted by molar-refractivity contribution is 5.93. The molecule has 1 unspecified atom stereocenters. The van der Waals surface area contributed by atoms with Crippen LogP contribution in [0.3, 0.4) is 0 Å². The van der Waals surface area contributed by atoms with Gasteiger partial charge in [-0.1, -0.05) is 18.2 Å². The molecule has 0 saturated heterocycles. The van der Waals surface area contributed by atoms with Crippen LogP contribution in [0.4, 0.5) is 0 Å². The van der Waals surface area contributed by atoms with Gasteiger partial charge in [0.15, 0.2) is 23.4 Å². The van der Waals surface area contributed by atoms with Crippen molar-refractivity contribution < 1.29 is 9.47 Å². The molecule has 4 heterocycles. The average Bonchev–Trinajstić information content (AvgIpc) is 3.38. The minimum atomic E-state index is -0.263. The second-order valence-corrected chi connectivity index (χ2v) is 7.06. The van der Waals surface area contributed by atoms with Gasteiger partial charge in [-0.2, -0.15) is 0 Å². The van der Waals surface area contributed by atoms with Gasteiger partial charge in [0.25, 0.3) is 0 Å². The van der Waals surface area contributed by atoms with Crippen molar-refractivity contribution in [3.63, 3.8) is 0 Å². The summed E-state index contributed by atoms with van der Waals surface area (Å²) in [4.78, 5) is 16.7. The molecule has 6 rings (SSSR count). The van der Waals surface area contributed by atoms with E-state index in [1.54, 1.807) is 6.33 Å². The summed E-state index contributed by atoms with van der Waals surface area (Å²) in [6, 6.07) is 15.9. The Hall–Kier alpha value is -3.87. The second-order valence-electron chi connectivity index (χ2n) is 7.06. The first-order chi connectivity index (χ1) is 14.3. The van der Waals surface area contributed by atoms with Gasteiger partial charge in [-0.25, -0.2) is 15.0 Å². The molecular formula is C22H17N5O2. The van der Waals surface area contributed by atoms with Gasteiger partial charge in [0.2, 0.25) is 0 Å². The summed E-state index contributed by atoms with van der Waals surface area (Å²) in [6.07, 6.45) is 3.20. The Balaban J connectivity index is 1.43. The van der Waals surface area contributed by atoms with Crippen molar-refractivity contribution in [1.82, 2.24) is 24.5 Å². The fourth-order valence-corrected chi connectivity index (χ4v) is 3.89. The lowest BCUT2D eigenvalue weighted by Gasteiger charge is -2.25. The van der Waals surface area contributed by atoms with Crippen LogP contribution in [0.25, 0.3) is 33.3 Å². The van der Waals surface area contributed by atoms with Crippen LogP contribution in [0.5, 0.6) is 11.5 Å². The Morgan fingerprint density at radius 2 is 1.97 bits per heavy atom. The van der Waals surface area contributed by atoms with Crippen molar-refractivity contribution >= 4 is 22.1 Å². The maximum absolute atomic E-state index is 6.16. The normalized spacial score (nSPS) is 15.8. The number of fused-ring (bicyclic) bond motifs is 3. The highest BCUT2D eigenvalue weighted by Crippen LogP contribution is 2.36. The van der Waals surface area contributed by atoms with E-state index < -0.39 is 0 Å². The first-order valence-electron chi connectivity index (χ1n) is 9.41. The molecule has 1 aliphatic heterocycles. The van der Waals surface area contributed by atoms with E-state index >= 15 is 0 Å². The number of nitrogens with one attached hydrogen (secondary N) is 1. The van der Waals surface area contributed by atoms with Gasteiger partial charge in [0, 0.05) is 24.2 Å². The second kappa shape index (κ2) is 6.07. The minimum absolute atomic E-state index is 0.263. The number of aromatic nitrogens is 5. The monoisotopic (exact) mass is 383 g/mol. The van der Waals surface area contributed by atoms with Gasteiger partial charge in [0.1, 0.15) is 18.6 Å². The molecule has 3 aromatic heterocycles. The molecule has 7 nitrogen and oxygen atoms in total. The maximum Gasteiger partial charge on any atom is 0.190 e. The van der Waals surface area contributed by atoms with Crippen LogP contribution in [0, 0.1) is 0 Å². The molecule has 1 atom stereocenters. The molecule has 0 amide bonds. The fraction of sp³-hybridized carbons (Fsp3) is 0.136. The summed E-state index contributed by atoms with van der Waals surface area (Å²) in [5, 5.41) is 0.995. The predicted octanol–water partition coefficient (Wildman–Crippen LogP) is 4.02. The van der Waals surface area contributed by atoms with E-state index in [-0.39, 0.29) is 6.10 Å². The SMILES string of the molecule is Cn1c(C2COc3ccccc3O2)nc2ccc(-c3ncnc4[nH]ccc34)cc21. The van der Waals surface area contributed by atoms with Crippen molar-refractivity contribution in [3.8, 4) is 22.8 Å². The van der Waals surface area contributed by atoms with Gasteiger partial charge in [-0.15, -0.1) is 0 Å². The standard InChI is InChI=1S/C22H17N5O2/c1-27-16-10-13(20-14-8-9-23-21(14)25-12-24-20)6-7-15(16)26-22(27)19-11-28-17-4-2-3-5-18(17)29-19/h2-10,12,19H,11H2,1H3,(H,23,24,25). The third-order valence-corrected chi connectivity index (χ3v) is 5.34. The highest BCUT2D eigenvalue weighted by atomic mass is 16.6. The molecule has 1 aliphatic rings. The smallest absolute Gasteiger partial charge is 0.190 e. The number of H-pyrrole nitrogens is 1. The first-order valence-corrected chi connectivity index (χ1v) is 9.41. The summed E-state index contributed by atoms with van der Waals surface area (Å²) in [5.41, 5.74) is 4.67. The molecule has 0 fully saturated rings. The number of aromatic amines is 1. The van der Waals surface area contributed by atoms with Gasteiger partial charge < -0.3 is 19.0 Å². The Labute approximate surface area is 166 Å². The van der Waals surface area contributed by atoms with E-state index in [2.05, 4.69) is 25.6 Å². The number of benzene rings is 2. The van der Waals surface area contributed by atoms with Crippen LogP contribution in [0.15, 0.2) is 61.1 Å². The Kier molecular flexibility index (Phi) is 3.37. The number of para-hydroxylation sites is 2. The number of nitrogens with zero attached hydrogens (tertiary/aromatic N) is 4. The number of rotatable bonds is 2. The van der Waals surface area contributed by atoms with E-state index in [9.17, 15) is 0 Å². The largest absolute Gasteiger partial charge is 0.485 e. The number of ether oxygens (including phenoxy) is 2. The summed E-state index contributed by atoms with van der Waals surface area (Å²) in [5.74, 6) is 2.34. The van der Waals surface area contributed by atoms with Gasteiger partial charge in [-0.05, 0) is 30.3 Å².